The molecule has 11 heavy (non-hydrogen) atoms. The summed E-state index contributed by atoms with van der Waals surface area (Å²) in [5, 5.41) is 0. The van der Waals surface area contributed by atoms with E-state index in [4.69, 9.17) is 11.5 Å². The number of carbonyl (C=O) groups excluding carboxylic acids is 1. The zero-order chi connectivity index (χ0) is 8.69. The van der Waals surface area contributed by atoms with Crippen LogP contribution in [0.2, 0.25) is 0 Å². The minimum Gasteiger partial charge on any atom is -0.330 e. The average molecular weight is 164 g/mol. The Morgan fingerprint density at radius 1 is 1.55 bits per heavy atom. The van der Waals surface area contributed by atoms with E-state index in [9.17, 15) is 9.32 Å². The molecule has 0 heterocycles. The number of nitrogens with two attached hydrogens (primary N) is 2. The molecule has 0 saturated carbocycles. The molecule has 0 aromatic heterocycles. The Hall–Kier alpha value is -0.680. The first-order valence-corrected chi connectivity index (χ1v) is 3.50. The molecule has 4 nitrogen and oxygen atoms in total. The minimum atomic E-state index is -1.01. The fourth-order valence-electron chi connectivity index (χ4n) is 0.684. The van der Waals surface area contributed by atoms with Crippen molar-refractivity contribution in [2.24, 2.45) is 11.5 Å². The zero-order valence-corrected chi connectivity index (χ0v) is 6.25. The lowest BCUT2D eigenvalue weighted by atomic mass is 10.1. The first-order chi connectivity index (χ1) is 5.22. The summed E-state index contributed by atoms with van der Waals surface area (Å²) >= 11 is 0. The van der Waals surface area contributed by atoms with Crippen LogP contribution >= 0.6 is 0 Å². The number of carbonyl (C=O) groups is 1. The van der Waals surface area contributed by atoms with E-state index in [-0.39, 0.29) is 0 Å². The molecule has 0 aliphatic heterocycles. The van der Waals surface area contributed by atoms with Crippen molar-refractivity contribution in [3.8, 4) is 0 Å². The molecule has 0 rings (SSSR count). The normalized spacial score (nSPS) is 12.6. The quantitative estimate of drug-likeness (QED) is 0.555. The van der Waals surface area contributed by atoms with Crippen molar-refractivity contribution < 1.29 is 14.3 Å². The number of rotatable bonds is 5. The van der Waals surface area contributed by atoms with Crippen molar-refractivity contribution in [3.05, 3.63) is 0 Å². The van der Waals surface area contributed by atoms with Crippen molar-refractivity contribution in [2.45, 2.75) is 25.3 Å². The van der Waals surface area contributed by atoms with Crippen LogP contribution in [-0.4, -0.2) is 18.6 Å². The van der Waals surface area contributed by atoms with E-state index < -0.39 is 12.0 Å². The standard InChI is InChI=1S/C6H13FN2O2/c7-11-6(10)5(9)3-1-2-4-8/h5H,1-4,8-9H2/t5-/m0/s1. The summed E-state index contributed by atoms with van der Waals surface area (Å²) in [6.07, 6.45) is 1.92. The molecule has 1 atom stereocenters. The van der Waals surface area contributed by atoms with Crippen LogP contribution in [0, 0.1) is 0 Å². The molecule has 4 N–H and O–H groups in total. The highest BCUT2D eigenvalue weighted by molar-refractivity contribution is 5.74. The van der Waals surface area contributed by atoms with Crippen LogP contribution in [0.3, 0.4) is 0 Å². The second-order valence-corrected chi connectivity index (χ2v) is 2.29. The Balaban J connectivity index is 3.36. The van der Waals surface area contributed by atoms with Gasteiger partial charge >= 0.3 is 5.97 Å². The lowest BCUT2D eigenvalue weighted by molar-refractivity contribution is -0.185. The maximum atomic E-state index is 11.2. The van der Waals surface area contributed by atoms with E-state index in [1.165, 1.54) is 0 Å². The summed E-state index contributed by atoms with van der Waals surface area (Å²) in [6.45, 7) is 0.553. The summed E-state index contributed by atoms with van der Waals surface area (Å²) < 4.78 is 11.2. The van der Waals surface area contributed by atoms with Crippen molar-refractivity contribution in [2.75, 3.05) is 6.54 Å². The summed E-state index contributed by atoms with van der Waals surface area (Å²) in [6, 6.07) is -0.855. The SMILES string of the molecule is NCCCC[C@H](N)C(=O)OF. The molecule has 0 spiro atoms. The summed E-state index contributed by atoms with van der Waals surface area (Å²) in [5.74, 6) is -1.01. The van der Waals surface area contributed by atoms with Gasteiger partial charge in [0.05, 0.1) is 0 Å². The molecule has 0 aliphatic rings. The van der Waals surface area contributed by atoms with E-state index in [0.29, 0.717) is 19.4 Å². The van der Waals surface area contributed by atoms with Crippen molar-refractivity contribution in [1.29, 1.82) is 0 Å². The Labute approximate surface area is 64.6 Å². The Bertz CT molecular complexity index is 121. The molecule has 5 heteroatoms. The molecule has 0 radical (unpaired) electrons. The highest BCUT2D eigenvalue weighted by Crippen LogP contribution is 1.99. The van der Waals surface area contributed by atoms with Crippen LogP contribution in [0.4, 0.5) is 4.53 Å². The van der Waals surface area contributed by atoms with Gasteiger partial charge in [-0.15, -0.1) is 0 Å². The monoisotopic (exact) mass is 164 g/mol. The number of hydrogen-bond acceptors (Lipinski definition) is 4. The van der Waals surface area contributed by atoms with E-state index in [1.54, 1.807) is 0 Å². The molecular formula is C6H13FN2O2. The van der Waals surface area contributed by atoms with Gasteiger partial charge in [0.2, 0.25) is 0 Å². The molecule has 66 valence electrons. The second-order valence-electron chi connectivity index (χ2n) is 2.29. The summed E-state index contributed by atoms with van der Waals surface area (Å²) in [4.78, 5) is 13.3. The fourth-order valence-corrected chi connectivity index (χ4v) is 0.684. The largest absolute Gasteiger partial charge is 0.365 e. The maximum Gasteiger partial charge on any atom is 0.365 e. The molecular weight excluding hydrogens is 151 g/mol. The van der Waals surface area contributed by atoms with E-state index >= 15 is 0 Å². The smallest absolute Gasteiger partial charge is 0.330 e. The summed E-state index contributed by atoms with van der Waals surface area (Å²) in [7, 11) is 0. The average Bonchev–Trinajstić information content (AvgIpc) is 2.03. The third-order valence-electron chi connectivity index (χ3n) is 1.35. The Kier molecular flexibility index (Phi) is 5.68. The molecule has 0 aliphatic carbocycles. The minimum absolute atomic E-state index is 0.417. The number of halogens is 1. The molecule has 0 amide bonds. The third-order valence-corrected chi connectivity index (χ3v) is 1.35. The van der Waals surface area contributed by atoms with Gasteiger partial charge in [0.1, 0.15) is 6.04 Å². The van der Waals surface area contributed by atoms with E-state index in [0.717, 1.165) is 6.42 Å². The van der Waals surface area contributed by atoms with E-state index in [1.807, 2.05) is 0 Å². The lowest BCUT2D eigenvalue weighted by Gasteiger charge is -2.04. The fraction of sp³-hybridized carbons (Fsp3) is 0.833. The van der Waals surface area contributed by atoms with Crippen LogP contribution in [-0.2, 0) is 9.74 Å². The van der Waals surface area contributed by atoms with Crippen molar-refractivity contribution in [1.82, 2.24) is 0 Å². The second kappa shape index (κ2) is 6.06. The van der Waals surface area contributed by atoms with Crippen LogP contribution in [0.1, 0.15) is 19.3 Å². The Morgan fingerprint density at radius 2 is 2.18 bits per heavy atom. The van der Waals surface area contributed by atoms with Gasteiger partial charge in [0.15, 0.2) is 0 Å². The number of hydrogen-bond donors (Lipinski definition) is 2. The van der Waals surface area contributed by atoms with Gasteiger partial charge in [-0.05, 0) is 19.4 Å². The highest BCUT2D eigenvalue weighted by atomic mass is 19.3. The third kappa shape index (κ3) is 4.69. The van der Waals surface area contributed by atoms with Gasteiger partial charge in [-0.3, -0.25) is 4.94 Å². The molecule has 0 aromatic rings. The molecule has 0 fully saturated rings. The van der Waals surface area contributed by atoms with E-state index in [2.05, 4.69) is 4.94 Å². The first-order valence-electron chi connectivity index (χ1n) is 3.50. The van der Waals surface area contributed by atoms with Gasteiger partial charge < -0.3 is 11.5 Å². The predicted molar refractivity (Wildman–Crippen MR) is 38.1 cm³/mol. The molecule has 0 aromatic carbocycles. The van der Waals surface area contributed by atoms with Crippen LogP contribution in [0.25, 0.3) is 0 Å². The number of unbranched alkanes of at least 4 members (excludes halogenated alkanes) is 1. The topological polar surface area (TPSA) is 78.3 Å². The van der Waals surface area contributed by atoms with Crippen molar-refractivity contribution in [3.63, 3.8) is 0 Å². The first kappa shape index (κ1) is 10.3. The lowest BCUT2D eigenvalue weighted by Crippen LogP contribution is -2.30. The molecule has 0 unspecified atom stereocenters. The highest BCUT2D eigenvalue weighted by Gasteiger charge is 2.14. The van der Waals surface area contributed by atoms with Gasteiger partial charge in [-0.25, -0.2) is 4.79 Å². The van der Waals surface area contributed by atoms with Gasteiger partial charge in [0.25, 0.3) is 0 Å². The van der Waals surface area contributed by atoms with Gasteiger partial charge in [0, 0.05) is 4.53 Å². The molecule has 0 saturated heterocycles. The van der Waals surface area contributed by atoms with Crippen LogP contribution in [0.5, 0.6) is 0 Å². The molecule has 0 bridgehead atoms. The van der Waals surface area contributed by atoms with Crippen LogP contribution in [0.15, 0.2) is 0 Å². The predicted octanol–water partition coefficient (Wildman–Crippen LogP) is -0.130. The van der Waals surface area contributed by atoms with Crippen LogP contribution < -0.4 is 11.5 Å². The summed E-state index contributed by atoms with van der Waals surface area (Å²) in [5.41, 5.74) is 10.4. The maximum absolute atomic E-state index is 11.2. The Morgan fingerprint density at radius 3 is 2.64 bits per heavy atom. The van der Waals surface area contributed by atoms with Gasteiger partial charge in [-0.2, -0.15) is 0 Å². The van der Waals surface area contributed by atoms with Crippen molar-refractivity contribution >= 4 is 5.97 Å². The van der Waals surface area contributed by atoms with Gasteiger partial charge in [-0.1, -0.05) is 6.42 Å². The zero-order valence-electron chi connectivity index (χ0n) is 6.25.